The van der Waals surface area contributed by atoms with E-state index in [9.17, 15) is 0 Å². The molecule has 0 aromatic heterocycles. The molecule has 1 nitrogen and oxygen atoms in total. The van der Waals surface area contributed by atoms with Crippen molar-refractivity contribution < 1.29 is 0 Å². The first kappa shape index (κ1) is 11.3. The lowest BCUT2D eigenvalue weighted by atomic mass is 10.1. The second-order valence-corrected chi connectivity index (χ2v) is 4.91. The van der Waals surface area contributed by atoms with Gasteiger partial charge < -0.3 is 5.73 Å². The zero-order valence-electron chi connectivity index (χ0n) is 7.97. The fourth-order valence-corrected chi connectivity index (χ4v) is 1.67. The Bertz CT molecular complexity index is 83.6. The van der Waals surface area contributed by atoms with Crippen LogP contribution < -0.4 is 5.73 Å². The summed E-state index contributed by atoms with van der Waals surface area (Å²) < 4.78 is 0. The SMILES string of the molecule is CCC(N)CCCSC(C)C. The van der Waals surface area contributed by atoms with Gasteiger partial charge in [-0.2, -0.15) is 11.8 Å². The molecule has 0 aromatic rings. The lowest BCUT2D eigenvalue weighted by Gasteiger charge is -2.08. The van der Waals surface area contributed by atoms with Crippen LogP contribution in [0.4, 0.5) is 0 Å². The molecule has 0 spiro atoms. The van der Waals surface area contributed by atoms with E-state index < -0.39 is 0 Å². The van der Waals surface area contributed by atoms with Gasteiger partial charge in [0.1, 0.15) is 0 Å². The van der Waals surface area contributed by atoms with Crippen molar-refractivity contribution in [3.63, 3.8) is 0 Å². The molecule has 0 rings (SSSR count). The van der Waals surface area contributed by atoms with E-state index in [0.29, 0.717) is 6.04 Å². The quantitative estimate of drug-likeness (QED) is 0.628. The van der Waals surface area contributed by atoms with E-state index in [0.717, 1.165) is 11.7 Å². The van der Waals surface area contributed by atoms with Gasteiger partial charge in [0.05, 0.1) is 0 Å². The predicted molar refractivity (Wildman–Crippen MR) is 55.1 cm³/mol. The van der Waals surface area contributed by atoms with E-state index in [-0.39, 0.29) is 0 Å². The Morgan fingerprint density at radius 2 is 2.00 bits per heavy atom. The Kier molecular flexibility index (Phi) is 7.18. The molecule has 0 amide bonds. The fraction of sp³-hybridized carbons (Fsp3) is 1.00. The molecule has 0 fully saturated rings. The van der Waals surface area contributed by atoms with E-state index >= 15 is 0 Å². The maximum atomic E-state index is 5.78. The number of nitrogens with two attached hydrogens (primary N) is 1. The van der Waals surface area contributed by atoms with E-state index in [1.807, 2.05) is 11.8 Å². The highest BCUT2D eigenvalue weighted by Gasteiger charge is 1.99. The highest BCUT2D eigenvalue weighted by atomic mass is 32.2. The van der Waals surface area contributed by atoms with Gasteiger partial charge in [-0.05, 0) is 30.3 Å². The van der Waals surface area contributed by atoms with E-state index in [1.54, 1.807) is 0 Å². The minimum atomic E-state index is 0.433. The van der Waals surface area contributed by atoms with Crippen LogP contribution in [0.25, 0.3) is 0 Å². The molecule has 0 bridgehead atoms. The minimum Gasteiger partial charge on any atom is -0.328 e. The van der Waals surface area contributed by atoms with Crippen molar-refractivity contribution in [3.8, 4) is 0 Å². The van der Waals surface area contributed by atoms with Crippen molar-refractivity contribution in [1.29, 1.82) is 0 Å². The Hall–Kier alpha value is 0.310. The lowest BCUT2D eigenvalue weighted by molar-refractivity contribution is 0.589. The van der Waals surface area contributed by atoms with Gasteiger partial charge in [0.25, 0.3) is 0 Å². The standard InChI is InChI=1S/C9H21NS/c1-4-9(10)6-5-7-11-8(2)3/h8-9H,4-7,10H2,1-3H3. The van der Waals surface area contributed by atoms with Crippen molar-refractivity contribution in [2.45, 2.75) is 51.3 Å². The number of hydrogen-bond acceptors (Lipinski definition) is 2. The Balaban J connectivity index is 3.01. The van der Waals surface area contributed by atoms with Crippen molar-refractivity contribution in [2.75, 3.05) is 5.75 Å². The molecule has 0 aliphatic rings. The van der Waals surface area contributed by atoms with Gasteiger partial charge in [-0.1, -0.05) is 20.8 Å². The summed E-state index contributed by atoms with van der Waals surface area (Å²) in [6, 6.07) is 0.433. The van der Waals surface area contributed by atoms with Gasteiger partial charge in [0.15, 0.2) is 0 Å². The van der Waals surface area contributed by atoms with Gasteiger partial charge in [0.2, 0.25) is 0 Å². The lowest BCUT2D eigenvalue weighted by Crippen LogP contribution is -2.18. The first-order valence-electron chi connectivity index (χ1n) is 4.54. The third-order valence-corrected chi connectivity index (χ3v) is 2.89. The number of rotatable bonds is 6. The molecule has 68 valence electrons. The second-order valence-electron chi connectivity index (χ2n) is 3.23. The smallest absolute Gasteiger partial charge is 0.00364 e. The van der Waals surface area contributed by atoms with Crippen molar-refractivity contribution in [3.05, 3.63) is 0 Å². The summed E-state index contributed by atoms with van der Waals surface area (Å²) in [6.45, 7) is 6.63. The largest absolute Gasteiger partial charge is 0.328 e. The Morgan fingerprint density at radius 3 is 2.45 bits per heavy atom. The number of hydrogen-bond donors (Lipinski definition) is 1. The van der Waals surface area contributed by atoms with E-state index in [1.165, 1.54) is 18.6 Å². The highest BCUT2D eigenvalue weighted by molar-refractivity contribution is 7.99. The van der Waals surface area contributed by atoms with Crippen LogP contribution in [0.15, 0.2) is 0 Å². The molecule has 0 aliphatic carbocycles. The van der Waals surface area contributed by atoms with Crippen LogP contribution in [0, 0.1) is 0 Å². The predicted octanol–water partition coefficient (Wildman–Crippen LogP) is 2.65. The third-order valence-electron chi connectivity index (χ3n) is 1.69. The maximum Gasteiger partial charge on any atom is 0.00364 e. The molecule has 0 heterocycles. The summed E-state index contributed by atoms with van der Waals surface area (Å²) in [6.07, 6.45) is 3.58. The molecule has 2 N–H and O–H groups in total. The summed E-state index contributed by atoms with van der Waals surface area (Å²) in [5, 5.41) is 0.771. The normalized spacial score (nSPS) is 13.9. The third kappa shape index (κ3) is 8.21. The van der Waals surface area contributed by atoms with Crippen LogP contribution in [0.2, 0.25) is 0 Å². The van der Waals surface area contributed by atoms with Crippen LogP contribution in [0.3, 0.4) is 0 Å². The van der Waals surface area contributed by atoms with Gasteiger partial charge in [0, 0.05) is 6.04 Å². The highest BCUT2D eigenvalue weighted by Crippen LogP contribution is 2.12. The first-order chi connectivity index (χ1) is 5.16. The van der Waals surface area contributed by atoms with Crippen molar-refractivity contribution in [1.82, 2.24) is 0 Å². The molecule has 0 saturated carbocycles. The molecular weight excluding hydrogens is 154 g/mol. The topological polar surface area (TPSA) is 26.0 Å². The monoisotopic (exact) mass is 175 g/mol. The van der Waals surface area contributed by atoms with E-state index in [2.05, 4.69) is 20.8 Å². The van der Waals surface area contributed by atoms with Gasteiger partial charge in [-0.15, -0.1) is 0 Å². The maximum absolute atomic E-state index is 5.78. The van der Waals surface area contributed by atoms with Gasteiger partial charge >= 0.3 is 0 Å². The zero-order valence-corrected chi connectivity index (χ0v) is 8.79. The molecule has 0 radical (unpaired) electrons. The summed E-state index contributed by atoms with van der Waals surface area (Å²) in [5.74, 6) is 1.27. The van der Waals surface area contributed by atoms with Crippen LogP contribution in [-0.4, -0.2) is 17.0 Å². The van der Waals surface area contributed by atoms with Crippen LogP contribution in [0.1, 0.15) is 40.0 Å². The molecule has 0 saturated heterocycles. The molecule has 1 unspecified atom stereocenters. The molecule has 11 heavy (non-hydrogen) atoms. The summed E-state index contributed by atoms with van der Waals surface area (Å²) in [7, 11) is 0. The average Bonchev–Trinajstić information content (AvgIpc) is 1.97. The summed E-state index contributed by atoms with van der Waals surface area (Å²) in [5.41, 5.74) is 5.78. The van der Waals surface area contributed by atoms with Crippen molar-refractivity contribution in [2.24, 2.45) is 5.73 Å². The van der Waals surface area contributed by atoms with Crippen molar-refractivity contribution >= 4 is 11.8 Å². The molecular formula is C9H21NS. The van der Waals surface area contributed by atoms with Crippen LogP contribution in [-0.2, 0) is 0 Å². The molecule has 2 heteroatoms. The zero-order chi connectivity index (χ0) is 8.69. The Labute approximate surface area is 75.1 Å². The van der Waals surface area contributed by atoms with E-state index in [4.69, 9.17) is 5.73 Å². The summed E-state index contributed by atoms with van der Waals surface area (Å²) in [4.78, 5) is 0. The molecule has 1 atom stereocenters. The Morgan fingerprint density at radius 1 is 1.36 bits per heavy atom. The number of thioether (sulfide) groups is 1. The second kappa shape index (κ2) is 6.99. The van der Waals surface area contributed by atoms with Gasteiger partial charge in [-0.3, -0.25) is 0 Å². The van der Waals surface area contributed by atoms with Crippen LogP contribution >= 0.6 is 11.8 Å². The average molecular weight is 175 g/mol. The fourth-order valence-electron chi connectivity index (χ4n) is 0.869. The van der Waals surface area contributed by atoms with Crippen LogP contribution in [0.5, 0.6) is 0 Å². The molecule has 0 aliphatic heterocycles. The molecule has 0 aromatic carbocycles. The minimum absolute atomic E-state index is 0.433. The van der Waals surface area contributed by atoms with Gasteiger partial charge in [-0.25, -0.2) is 0 Å². The summed E-state index contributed by atoms with van der Waals surface area (Å²) >= 11 is 2.03. The first-order valence-corrected chi connectivity index (χ1v) is 5.58.